The van der Waals surface area contributed by atoms with E-state index in [1.807, 2.05) is 19.2 Å². The van der Waals surface area contributed by atoms with Crippen molar-refractivity contribution in [3.63, 3.8) is 0 Å². The van der Waals surface area contributed by atoms with Gasteiger partial charge in [0.1, 0.15) is 5.75 Å². The van der Waals surface area contributed by atoms with Crippen LogP contribution in [0, 0.1) is 0 Å². The average molecular weight is 262 g/mol. The maximum absolute atomic E-state index is 11.8. The number of carbonyl (C=O) groups is 1. The molecule has 1 amide bonds. The minimum Gasteiger partial charge on any atom is -0.508 e. The Hall–Kier alpha value is -1.55. The first-order valence-corrected chi connectivity index (χ1v) is 6.85. The number of nitrogens with zero attached hydrogens (tertiary/aromatic N) is 1. The molecule has 2 atom stereocenters. The summed E-state index contributed by atoms with van der Waals surface area (Å²) in [4.78, 5) is 13.6. The second kappa shape index (κ2) is 6.06. The number of rotatable bonds is 5. The van der Waals surface area contributed by atoms with Gasteiger partial charge in [0.25, 0.3) is 0 Å². The Morgan fingerprint density at radius 2 is 2.11 bits per heavy atom. The number of aromatic hydroxyl groups is 1. The Bertz CT molecular complexity index is 430. The van der Waals surface area contributed by atoms with Crippen LogP contribution < -0.4 is 5.32 Å². The lowest BCUT2D eigenvalue weighted by molar-refractivity contribution is -0.128. The topological polar surface area (TPSA) is 52.6 Å². The van der Waals surface area contributed by atoms with Gasteiger partial charge in [-0.3, -0.25) is 4.79 Å². The van der Waals surface area contributed by atoms with Gasteiger partial charge in [0.15, 0.2) is 0 Å². The smallest absolute Gasteiger partial charge is 0.239 e. The Morgan fingerprint density at radius 1 is 1.42 bits per heavy atom. The van der Waals surface area contributed by atoms with Crippen molar-refractivity contribution in [2.24, 2.45) is 0 Å². The molecule has 4 heteroatoms. The average Bonchev–Trinajstić information content (AvgIpc) is 2.70. The van der Waals surface area contributed by atoms with Crippen molar-refractivity contribution in [3.05, 3.63) is 29.8 Å². The number of nitrogens with one attached hydrogen (secondary N) is 1. The van der Waals surface area contributed by atoms with Gasteiger partial charge in [-0.15, -0.1) is 0 Å². The fourth-order valence-corrected chi connectivity index (χ4v) is 2.45. The van der Waals surface area contributed by atoms with Gasteiger partial charge in [-0.25, -0.2) is 0 Å². The van der Waals surface area contributed by atoms with E-state index >= 15 is 0 Å². The molecule has 4 nitrogen and oxygen atoms in total. The molecule has 0 spiro atoms. The van der Waals surface area contributed by atoms with Gasteiger partial charge < -0.3 is 15.3 Å². The van der Waals surface area contributed by atoms with Crippen molar-refractivity contribution in [2.75, 3.05) is 13.6 Å². The Labute approximate surface area is 114 Å². The molecular formula is C15H22N2O2. The molecule has 1 aliphatic heterocycles. The molecule has 104 valence electrons. The van der Waals surface area contributed by atoms with Gasteiger partial charge in [-0.2, -0.15) is 0 Å². The van der Waals surface area contributed by atoms with E-state index in [2.05, 4.69) is 12.2 Å². The first-order chi connectivity index (χ1) is 9.06. The molecule has 1 aromatic carbocycles. The highest BCUT2D eigenvalue weighted by Gasteiger charge is 2.29. The molecule has 1 fully saturated rings. The molecule has 0 aliphatic carbocycles. The zero-order valence-corrected chi connectivity index (χ0v) is 11.6. The Kier molecular flexibility index (Phi) is 4.43. The first-order valence-electron chi connectivity index (χ1n) is 6.85. The van der Waals surface area contributed by atoms with Crippen LogP contribution in [0.1, 0.15) is 25.3 Å². The molecule has 0 bridgehead atoms. The molecule has 1 aromatic rings. The zero-order chi connectivity index (χ0) is 13.8. The van der Waals surface area contributed by atoms with E-state index in [9.17, 15) is 9.90 Å². The molecule has 1 heterocycles. The largest absolute Gasteiger partial charge is 0.508 e. The normalized spacial score (nSPS) is 20.8. The van der Waals surface area contributed by atoms with E-state index in [0.29, 0.717) is 11.8 Å². The lowest BCUT2D eigenvalue weighted by Crippen LogP contribution is -2.41. The fourth-order valence-electron chi connectivity index (χ4n) is 2.45. The molecule has 0 radical (unpaired) electrons. The van der Waals surface area contributed by atoms with Crippen LogP contribution in [-0.4, -0.2) is 41.6 Å². The summed E-state index contributed by atoms with van der Waals surface area (Å²) in [5, 5.41) is 12.6. The molecule has 2 rings (SSSR count). The van der Waals surface area contributed by atoms with E-state index < -0.39 is 0 Å². The number of hydrogen-bond donors (Lipinski definition) is 2. The van der Waals surface area contributed by atoms with Gasteiger partial charge in [0, 0.05) is 19.6 Å². The minimum absolute atomic E-state index is 0.0141. The second-order valence-electron chi connectivity index (χ2n) is 5.37. The van der Waals surface area contributed by atoms with Gasteiger partial charge >= 0.3 is 0 Å². The van der Waals surface area contributed by atoms with E-state index in [1.54, 1.807) is 17.0 Å². The van der Waals surface area contributed by atoms with Crippen molar-refractivity contribution in [1.29, 1.82) is 0 Å². The Morgan fingerprint density at radius 3 is 2.68 bits per heavy atom. The van der Waals surface area contributed by atoms with E-state index in [1.165, 1.54) is 5.56 Å². The van der Waals surface area contributed by atoms with Crippen LogP contribution in [0.2, 0.25) is 0 Å². The highest BCUT2D eigenvalue weighted by molar-refractivity contribution is 5.83. The third-order valence-electron chi connectivity index (χ3n) is 3.72. The van der Waals surface area contributed by atoms with Crippen LogP contribution >= 0.6 is 0 Å². The molecule has 0 unspecified atom stereocenters. The minimum atomic E-state index is -0.0141. The number of likely N-dealkylation sites (N-methyl/N-ethyl adjacent to an activating group) is 1. The van der Waals surface area contributed by atoms with Crippen molar-refractivity contribution in [1.82, 2.24) is 10.2 Å². The third-order valence-corrected chi connectivity index (χ3v) is 3.72. The summed E-state index contributed by atoms with van der Waals surface area (Å²) in [5.74, 6) is 0.506. The summed E-state index contributed by atoms with van der Waals surface area (Å²) in [7, 11) is 1.85. The number of phenolic OH excluding ortho intramolecular Hbond substituents is 1. The predicted octanol–water partition coefficient (Wildman–Crippen LogP) is 1.53. The number of likely N-dealkylation sites (tertiary alicyclic amines) is 1. The number of phenols is 1. The highest BCUT2D eigenvalue weighted by atomic mass is 16.3. The summed E-state index contributed by atoms with van der Waals surface area (Å²) < 4.78 is 0. The lowest BCUT2D eigenvalue weighted by Gasteiger charge is -2.18. The zero-order valence-electron chi connectivity index (χ0n) is 11.6. The van der Waals surface area contributed by atoms with Crippen LogP contribution in [0.25, 0.3) is 0 Å². The number of amides is 1. The SMILES string of the molecule is C[C@H](CCc1ccc(O)cc1)N[C@@H]1CCN(C)C1=O. The molecule has 1 aliphatic rings. The standard InChI is InChI=1S/C15H22N2O2/c1-11(16-14-9-10-17(2)15(14)19)3-4-12-5-7-13(18)8-6-12/h5-8,11,14,16,18H,3-4,9-10H2,1-2H3/t11-,14-/m1/s1. The van der Waals surface area contributed by atoms with E-state index in [0.717, 1.165) is 25.8 Å². The van der Waals surface area contributed by atoms with E-state index in [-0.39, 0.29) is 11.9 Å². The maximum atomic E-state index is 11.8. The summed E-state index contributed by atoms with van der Waals surface area (Å²) in [6.45, 7) is 2.97. The monoisotopic (exact) mass is 262 g/mol. The third kappa shape index (κ3) is 3.70. The molecule has 0 saturated carbocycles. The molecule has 19 heavy (non-hydrogen) atoms. The maximum Gasteiger partial charge on any atom is 0.239 e. The molecule has 0 aromatic heterocycles. The number of benzene rings is 1. The number of carbonyl (C=O) groups excluding carboxylic acids is 1. The molecule has 2 N–H and O–H groups in total. The lowest BCUT2D eigenvalue weighted by atomic mass is 10.1. The predicted molar refractivity (Wildman–Crippen MR) is 75.1 cm³/mol. The summed E-state index contributed by atoms with van der Waals surface area (Å²) >= 11 is 0. The van der Waals surface area contributed by atoms with Crippen LogP contribution in [0.15, 0.2) is 24.3 Å². The molecular weight excluding hydrogens is 240 g/mol. The number of hydrogen-bond acceptors (Lipinski definition) is 3. The van der Waals surface area contributed by atoms with Crippen molar-refractivity contribution in [2.45, 2.75) is 38.3 Å². The van der Waals surface area contributed by atoms with Crippen LogP contribution in [0.5, 0.6) is 5.75 Å². The van der Waals surface area contributed by atoms with Crippen LogP contribution in [0.3, 0.4) is 0 Å². The summed E-state index contributed by atoms with van der Waals surface area (Å²) in [6.07, 6.45) is 2.84. The number of aryl methyl sites for hydroxylation is 1. The highest BCUT2D eigenvalue weighted by Crippen LogP contribution is 2.13. The van der Waals surface area contributed by atoms with E-state index in [4.69, 9.17) is 0 Å². The van der Waals surface area contributed by atoms with Gasteiger partial charge in [-0.1, -0.05) is 12.1 Å². The quantitative estimate of drug-likeness (QED) is 0.846. The Balaban J connectivity index is 1.77. The van der Waals surface area contributed by atoms with Gasteiger partial charge in [0.05, 0.1) is 6.04 Å². The van der Waals surface area contributed by atoms with Crippen LogP contribution in [0.4, 0.5) is 0 Å². The first kappa shape index (κ1) is 13.9. The van der Waals surface area contributed by atoms with Crippen molar-refractivity contribution in [3.8, 4) is 5.75 Å². The second-order valence-corrected chi connectivity index (χ2v) is 5.37. The fraction of sp³-hybridized carbons (Fsp3) is 0.533. The van der Waals surface area contributed by atoms with Crippen LogP contribution in [-0.2, 0) is 11.2 Å². The summed E-state index contributed by atoms with van der Waals surface area (Å²) in [5.41, 5.74) is 1.21. The summed E-state index contributed by atoms with van der Waals surface area (Å²) in [6, 6.07) is 7.60. The van der Waals surface area contributed by atoms with Gasteiger partial charge in [-0.05, 0) is 43.9 Å². The molecule has 1 saturated heterocycles. The van der Waals surface area contributed by atoms with Crippen molar-refractivity contribution < 1.29 is 9.90 Å². The van der Waals surface area contributed by atoms with Crippen molar-refractivity contribution >= 4 is 5.91 Å². The van der Waals surface area contributed by atoms with Gasteiger partial charge in [0.2, 0.25) is 5.91 Å².